The number of aliphatic hydroxyl groups excluding tert-OH is 1. The maximum absolute atomic E-state index is 9.43. The molecule has 2 N–H and O–H groups in total. The van der Waals surface area contributed by atoms with E-state index in [9.17, 15) is 5.11 Å². The smallest absolute Gasteiger partial charge is 0.137 e. The first-order valence-electron chi connectivity index (χ1n) is 8.12. The Morgan fingerprint density at radius 1 is 1.29 bits per heavy atom. The summed E-state index contributed by atoms with van der Waals surface area (Å²) in [5.74, 6) is 2.59. The molecular formula is C16H28N4O. The number of nitrogens with zero attached hydrogens (tertiary/aromatic N) is 3. The SMILES string of the molecule is CCCNc1ncnc(N(C)CC2CC(O)C2)c1CCC. The van der Waals surface area contributed by atoms with Crippen LogP contribution >= 0.6 is 0 Å². The van der Waals surface area contributed by atoms with Crippen LogP contribution in [0.4, 0.5) is 11.6 Å². The number of hydrogen-bond acceptors (Lipinski definition) is 5. The number of aliphatic hydroxyl groups is 1. The highest BCUT2D eigenvalue weighted by Crippen LogP contribution is 2.30. The summed E-state index contributed by atoms with van der Waals surface area (Å²) >= 11 is 0. The highest BCUT2D eigenvalue weighted by Gasteiger charge is 2.29. The number of rotatable bonds is 8. The maximum Gasteiger partial charge on any atom is 0.137 e. The summed E-state index contributed by atoms with van der Waals surface area (Å²) in [5, 5.41) is 12.8. The second-order valence-corrected chi connectivity index (χ2v) is 6.07. The molecule has 21 heavy (non-hydrogen) atoms. The summed E-state index contributed by atoms with van der Waals surface area (Å²) in [7, 11) is 2.09. The van der Waals surface area contributed by atoms with Crippen molar-refractivity contribution in [3.8, 4) is 0 Å². The van der Waals surface area contributed by atoms with Crippen LogP contribution in [0, 0.1) is 5.92 Å². The van der Waals surface area contributed by atoms with E-state index in [-0.39, 0.29) is 6.10 Å². The summed E-state index contributed by atoms with van der Waals surface area (Å²) in [6.07, 6.45) is 6.54. The second-order valence-electron chi connectivity index (χ2n) is 6.07. The second kappa shape index (κ2) is 7.59. The van der Waals surface area contributed by atoms with Crippen molar-refractivity contribution in [3.05, 3.63) is 11.9 Å². The Labute approximate surface area is 127 Å². The zero-order chi connectivity index (χ0) is 15.2. The molecule has 0 aromatic carbocycles. The molecule has 0 atom stereocenters. The molecule has 1 fully saturated rings. The topological polar surface area (TPSA) is 61.3 Å². The molecule has 0 amide bonds. The van der Waals surface area contributed by atoms with Crippen molar-refractivity contribution in [1.29, 1.82) is 0 Å². The van der Waals surface area contributed by atoms with Crippen LogP contribution in [0.15, 0.2) is 6.33 Å². The molecule has 1 heterocycles. The molecule has 0 bridgehead atoms. The van der Waals surface area contributed by atoms with Gasteiger partial charge in [-0.2, -0.15) is 0 Å². The molecule has 1 aliphatic carbocycles. The van der Waals surface area contributed by atoms with Crippen LogP contribution in [-0.2, 0) is 6.42 Å². The van der Waals surface area contributed by atoms with Crippen molar-refractivity contribution in [2.45, 2.75) is 52.1 Å². The van der Waals surface area contributed by atoms with Crippen molar-refractivity contribution in [2.75, 3.05) is 30.4 Å². The zero-order valence-electron chi connectivity index (χ0n) is 13.5. The molecule has 0 spiro atoms. The van der Waals surface area contributed by atoms with E-state index in [1.807, 2.05) is 0 Å². The third-order valence-electron chi connectivity index (χ3n) is 4.07. The first kappa shape index (κ1) is 16.0. The highest BCUT2D eigenvalue weighted by molar-refractivity contribution is 5.58. The molecule has 1 aromatic heterocycles. The molecule has 5 nitrogen and oxygen atoms in total. The van der Waals surface area contributed by atoms with E-state index in [4.69, 9.17) is 0 Å². The molecule has 0 radical (unpaired) electrons. The monoisotopic (exact) mass is 292 g/mol. The zero-order valence-corrected chi connectivity index (χ0v) is 13.5. The Hall–Kier alpha value is -1.36. The van der Waals surface area contributed by atoms with Crippen LogP contribution in [-0.4, -0.2) is 41.3 Å². The van der Waals surface area contributed by atoms with Gasteiger partial charge in [0.15, 0.2) is 0 Å². The van der Waals surface area contributed by atoms with Crippen molar-refractivity contribution in [3.63, 3.8) is 0 Å². The quantitative estimate of drug-likeness (QED) is 0.770. The third-order valence-corrected chi connectivity index (χ3v) is 4.07. The van der Waals surface area contributed by atoms with Crippen molar-refractivity contribution < 1.29 is 5.11 Å². The molecule has 1 saturated carbocycles. The van der Waals surface area contributed by atoms with Gasteiger partial charge in [-0.05, 0) is 31.6 Å². The van der Waals surface area contributed by atoms with Gasteiger partial charge in [0.05, 0.1) is 6.10 Å². The Morgan fingerprint density at radius 2 is 2.05 bits per heavy atom. The van der Waals surface area contributed by atoms with E-state index in [0.717, 1.165) is 56.8 Å². The van der Waals surface area contributed by atoms with Crippen molar-refractivity contribution >= 4 is 11.6 Å². The predicted molar refractivity (Wildman–Crippen MR) is 86.8 cm³/mol. The first-order chi connectivity index (χ1) is 10.2. The minimum atomic E-state index is -0.0920. The highest BCUT2D eigenvalue weighted by atomic mass is 16.3. The number of anilines is 2. The lowest BCUT2D eigenvalue weighted by Crippen LogP contribution is -2.37. The van der Waals surface area contributed by atoms with Crippen LogP contribution in [0.2, 0.25) is 0 Å². The fourth-order valence-electron chi connectivity index (χ4n) is 2.93. The third kappa shape index (κ3) is 4.06. The fraction of sp³-hybridized carbons (Fsp3) is 0.750. The van der Waals surface area contributed by atoms with E-state index in [2.05, 4.69) is 41.1 Å². The molecule has 0 saturated heterocycles. The molecule has 2 rings (SSSR count). The number of aromatic nitrogens is 2. The molecule has 0 aliphatic heterocycles. The van der Waals surface area contributed by atoms with E-state index >= 15 is 0 Å². The Kier molecular flexibility index (Phi) is 5.79. The minimum Gasteiger partial charge on any atom is -0.393 e. The Morgan fingerprint density at radius 3 is 2.67 bits per heavy atom. The summed E-state index contributed by atoms with van der Waals surface area (Å²) in [6, 6.07) is 0. The molecule has 1 aromatic rings. The van der Waals surface area contributed by atoms with Gasteiger partial charge in [0.25, 0.3) is 0 Å². The van der Waals surface area contributed by atoms with E-state index in [1.165, 1.54) is 5.56 Å². The largest absolute Gasteiger partial charge is 0.393 e. The Bertz CT molecular complexity index is 446. The van der Waals surface area contributed by atoms with Crippen molar-refractivity contribution in [2.24, 2.45) is 5.92 Å². The van der Waals surface area contributed by atoms with Crippen LogP contribution in [0.25, 0.3) is 0 Å². The average molecular weight is 292 g/mol. The van der Waals surface area contributed by atoms with Gasteiger partial charge >= 0.3 is 0 Å². The standard InChI is InChI=1S/C16H28N4O/c1-4-6-14-15(17-7-5-2)18-11-19-16(14)20(3)10-12-8-13(21)9-12/h11-13,21H,4-10H2,1-3H3,(H,17,18,19). The van der Waals surface area contributed by atoms with E-state index < -0.39 is 0 Å². The Balaban J connectivity index is 2.12. The minimum absolute atomic E-state index is 0.0920. The lowest BCUT2D eigenvalue weighted by Gasteiger charge is -2.35. The normalized spacial score (nSPS) is 21.0. The average Bonchev–Trinajstić information content (AvgIpc) is 2.44. The van der Waals surface area contributed by atoms with Crippen molar-refractivity contribution in [1.82, 2.24) is 9.97 Å². The number of nitrogens with one attached hydrogen (secondary N) is 1. The van der Waals surface area contributed by atoms with Gasteiger partial charge in [0.2, 0.25) is 0 Å². The first-order valence-corrected chi connectivity index (χ1v) is 8.12. The summed E-state index contributed by atoms with van der Waals surface area (Å²) in [5.41, 5.74) is 1.22. The maximum atomic E-state index is 9.43. The van der Waals surface area contributed by atoms with Crippen LogP contribution in [0.3, 0.4) is 0 Å². The van der Waals surface area contributed by atoms with Gasteiger partial charge < -0.3 is 15.3 Å². The van der Waals surface area contributed by atoms with Gasteiger partial charge in [-0.3, -0.25) is 0 Å². The lowest BCUT2D eigenvalue weighted by molar-refractivity contribution is 0.0464. The number of hydrogen-bond donors (Lipinski definition) is 2. The molecule has 1 aliphatic rings. The van der Waals surface area contributed by atoms with E-state index in [1.54, 1.807) is 6.33 Å². The summed E-state index contributed by atoms with van der Waals surface area (Å²) < 4.78 is 0. The van der Waals surface area contributed by atoms with Gasteiger partial charge in [-0.1, -0.05) is 20.3 Å². The lowest BCUT2D eigenvalue weighted by atomic mass is 9.82. The van der Waals surface area contributed by atoms with Gasteiger partial charge in [0.1, 0.15) is 18.0 Å². The van der Waals surface area contributed by atoms with Gasteiger partial charge in [0, 0.05) is 25.7 Å². The summed E-state index contributed by atoms with van der Waals surface area (Å²) in [4.78, 5) is 11.1. The van der Waals surface area contributed by atoms with Crippen LogP contribution in [0.5, 0.6) is 0 Å². The predicted octanol–water partition coefficient (Wildman–Crippen LogP) is 2.46. The van der Waals surface area contributed by atoms with Crippen LogP contribution in [0.1, 0.15) is 45.1 Å². The van der Waals surface area contributed by atoms with Gasteiger partial charge in [-0.25, -0.2) is 9.97 Å². The van der Waals surface area contributed by atoms with Crippen LogP contribution < -0.4 is 10.2 Å². The molecule has 5 heteroatoms. The van der Waals surface area contributed by atoms with Gasteiger partial charge in [-0.15, -0.1) is 0 Å². The summed E-state index contributed by atoms with van der Waals surface area (Å²) in [6.45, 7) is 6.23. The molecular weight excluding hydrogens is 264 g/mol. The fourth-order valence-corrected chi connectivity index (χ4v) is 2.93. The van der Waals surface area contributed by atoms with E-state index in [0.29, 0.717) is 5.92 Å². The molecule has 0 unspecified atom stereocenters. The molecule has 118 valence electrons.